The average molecular weight is 182 g/mol. The minimum absolute atomic E-state index is 0.416. The van der Waals surface area contributed by atoms with E-state index in [9.17, 15) is 0 Å². The van der Waals surface area contributed by atoms with Crippen LogP contribution in [0.3, 0.4) is 0 Å². The van der Waals surface area contributed by atoms with Crippen molar-refractivity contribution in [3.8, 4) is 12.1 Å². The lowest BCUT2D eigenvalue weighted by Gasteiger charge is -1.99. The molecule has 1 rings (SSSR count). The maximum Gasteiger partial charge on any atom is 0.0991 e. The molecule has 14 heavy (non-hydrogen) atoms. The number of rotatable bonds is 2. The van der Waals surface area contributed by atoms with Gasteiger partial charge in [-0.3, -0.25) is 0 Å². The lowest BCUT2D eigenvalue weighted by Crippen LogP contribution is -1.82. The Bertz CT molecular complexity index is 431. The molecule has 0 fully saturated rings. The molecule has 0 unspecified atom stereocenters. The lowest BCUT2D eigenvalue weighted by molar-refractivity contribution is 1.35. The topological polar surface area (TPSA) is 47.6 Å². The quantitative estimate of drug-likeness (QED) is 0.706. The zero-order valence-corrected chi connectivity index (χ0v) is 7.99. The van der Waals surface area contributed by atoms with E-state index in [2.05, 4.69) is 6.07 Å². The number of nitriles is 2. The van der Waals surface area contributed by atoms with Crippen LogP contribution in [0.1, 0.15) is 23.1 Å². The van der Waals surface area contributed by atoms with E-state index in [1.165, 1.54) is 0 Å². The van der Waals surface area contributed by atoms with Crippen LogP contribution in [-0.4, -0.2) is 0 Å². The number of aryl methyl sites for hydroxylation is 1. The third kappa shape index (κ3) is 2.47. The van der Waals surface area contributed by atoms with Crippen LogP contribution >= 0.6 is 0 Å². The molecule has 0 saturated heterocycles. The molecule has 0 aromatic heterocycles. The molecular weight excluding hydrogens is 172 g/mol. The van der Waals surface area contributed by atoms with Gasteiger partial charge < -0.3 is 0 Å². The summed E-state index contributed by atoms with van der Waals surface area (Å²) in [7, 11) is 0. The Labute approximate surface area is 83.7 Å². The fourth-order valence-electron chi connectivity index (χ4n) is 1.17. The van der Waals surface area contributed by atoms with Crippen molar-refractivity contribution in [2.45, 2.75) is 13.3 Å². The lowest BCUT2D eigenvalue weighted by atomic mass is 10.1. The fraction of sp³-hybridized carbons (Fsp3) is 0.167. The van der Waals surface area contributed by atoms with Crippen LogP contribution < -0.4 is 0 Å². The molecule has 0 aliphatic heterocycles. The summed E-state index contributed by atoms with van der Waals surface area (Å²) in [6, 6.07) is 9.63. The van der Waals surface area contributed by atoms with Crippen molar-refractivity contribution >= 4 is 6.08 Å². The first-order valence-electron chi connectivity index (χ1n) is 4.32. The summed E-state index contributed by atoms with van der Waals surface area (Å²) in [6.45, 7) is 1.95. The predicted octanol–water partition coefficient (Wildman–Crippen LogP) is 2.79. The van der Waals surface area contributed by atoms with Crippen molar-refractivity contribution < 1.29 is 0 Å². The summed E-state index contributed by atoms with van der Waals surface area (Å²) < 4.78 is 0. The van der Waals surface area contributed by atoms with Crippen molar-refractivity contribution in [1.82, 2.24) is 0 Å². The Balaban J connectivity index is 2.92. The van der Waals surface area contributed by atoms with E-state index in [4.69, 9.17) is 10.5 Å². The third-order valence-corrected chi connectivity index (χ3v) is 1.91. The summed E-state index contributed by atoms with van der Waals surface area (Å²) in [4.78, 5) is 0. The smallest absolute Gasteiger partial charge is 0.0991 e. The van der Waals surface area contributed by atoms with Gasteiger partial charge in [-0.25, -0.2) is 0 Å². The highest BCUT2D eigenvalue weighted by Gasteiger charge is 1.95. The van der Waals surface area contributed by atoms with Gasteiger partial charge in [0.05, 0.1) is 24.1 Å². The second-order valence-corrected chi connectivity index (χ2v) is 2.95. The Morgan fingerprint density at radius 1 is 1.36 bits per heavy atom. The van der Waals surface area contributed by atoms with Gasteiger partial charge in [0.25, 0.3) is 0 Å². The zero-order valence-electron chi connectivity index (χ0n) is 7.99. The van der Waals surface area contributed by atoms with Crippen LogP contribution in [0.5, 0.6) is 0 Å². The highest BCUT2D eigenvalue weighted by atomic mass is 14.2. The van der Waals surface area contributed by atoms with Crippen molar-refractivity contribution in [3.63, 3.8) is 0 Å². The molecule has 0 atom stereocenters. The highest BCUT2D eigenvalue weighted by Crippen LogP contribution is 2.12. The van der Waals surface area contributed by atoms with Crippen LogP contribution in [0, 0.1) is 29.6 Å². The van der Waals surface area contributed by atoms with E-state index in [1.807, 2.05) is 37.3 Å². The summed E-state index contributed by atoms with van der Waals surface area (Å²) in [5.41, 5.74) is 2.78. The number of allylic oxidation sites excluding steroid dienone is 1. The standard InChI is InChI=1S/C12H10N2/c1-10-8-11(9-14)5-6-12(10)4-2-3-7-13/h2,4-6,8H,3H2,1H3. The fourth-order valence-corrected chi connectivity index (χ4v) is 1.17. The minimum atomic E-state index is 0.416. The van der Waals surface area contributed by atoms with Gasteiger partial charge in [0.1, 0.15) is 0 Å². The second-order valence-electron chi connectivity index (χ2n) is 2.95. The Morgan fingerprint density at radius 2 is 2.14 bits per heavy atom. The Kier molecular flexibility index (Phi) is 3.47. The zero-order chi connectivity index (χ0) is 10.4. The first-order chi connectivity index (χ1) is 6.77. The van der Waals surface area contributed by atoms with Crippen LogP contribution in [0.4, 0.5) is 0 Å². The number of hydrogen-bond acceptors (Lipinski definition) is 2. The Morgan fingerprint density at radius 3 is 2.71 bits per heavy atom. The van der Waals surface area contributed by atoms with Crippen molar-refractivity contribution in [3.05, 3.63) is 41.0 Å². The molecule has 0 bridgehead atoms. The second kappa shape index (κ2) is 4.84. The molecule has 2 heteroatoms. The molecule has 0 N–H and O–H groups in total. The molecule has 0 amide bonds. The summed E-state index contributed by atoms with van der Waals surface area (Å²) in [5, 5.41) is 17.0. The van der Waals surface area contributed by atoms with Gasteiger partial charge in [-0.05, 0) is 30.2 Å². The van der Waals surface area contributed by atoms with E-state index < -0.39 is 0 Å². The van der Waals surface area contributed by atoms with Crippen molar-refractivity contribution in [2.24, 2.45) is 0 Å². The van der Waals surface area contributed by atoms with Gasteiger partial charge in [0, 0.05) is 0 Å². The van der Waals surface area contributed by atoms with Gasteiger partial charge in [-0.15, -0.1) is 0 Å². The van der Waals surface area contributed by atoms with Crippen LogP contribution in [0.15, 0.2) is 24.3 Å². The SMILES string of the molecule is Cc1cc(C#N)ccc1C=CCC#N. The van der Waals surface area contributed by atoms with E-state index in [-0.39, 0.29) is 0 Å². The van der Waals surface area contributed by atoms with E-state index in [0.717, 1.165) is 11.1 Å². The highest BCUT2D eigenvalue weighted by molar-refractivity contribution is 5.55. The largest absolute Gasteiger partial charge is 0.198 e. The molecule has 2 nitrogen and oxygen atoms in total. The van der Waals surface area contributed by atoms with E-state index in [1.54, 1.807) is 6.07 Å². The van der Waals surface area contributed by atoms with Gasteiger partial charge >= 0.3 is 0 Å². The normalized spacial score (nSPS) is 9.64. The van der Waals surface area contributed by atoms with Crippen molar-refractivity contribution in [1.29, 1.82) is 10.5 Å². The van der Waals surface area contributed by atoms with Gasteiger partial charge in [0.15, 0.2) is 0 Å². The van der Waals surface area contributed by atoms with Gasteiger partial charge in [-0.2, -0.15) is 10.5 Å². The minimum Gasteiger partial charge on any atom is -0.198 e. The number of hydrogen-bond donors (Lipinski definition) is 0. The van der Waals surface area contributed by atoms with Crippen LogP contribution in [-0.2, 0) is 0 Å². The molecule has 0 heterocycles. The molecule has 68 valence electrons. The number of benzene rings is 1. The van der Waals surface area contributed by atoms with Crippen LogP contribution in [0.25, 0.3) is 6.08 Å². The first kappa shape index (κ1) is 10.0. The van der Waals surface area contributed by atoms with E-state index in [0.29, 0.717) is 12.0 Å². The van der Waals surface area contributed by atoms with Gasteiger partial charge in [-0.1, -0.05) is 18.2 Å². The maximum absolute atomic E-state index is 8.66. The molecule has 0 aliphatic rings. The summed E-state index contributed by atoms with van der Waals surface area (Å²) >= 11 is 0. The van der Waals surface area contributed by atoms with Crippen LogP contribution in [0.2, 0.25) is 0 Å². The Hall–Kier alpha value is -2.06. The predicted molar refractivity (Wildman–Crippen MR) is 55.2 cm³/mol. The third-order valence-electron chi connectivity index (χ3n) is 1.91. The molecule has 1 aromatic carbocycles. The number of nitrogens with zero attached hydrogens (tertiary/aromatic N) is 2. The molecule has 0 saturated carbocycles. The monoisotopic (exact) mass is 182 g/mol. The van der Waals surface area contributed by atoms with E-state index >= 15 is 0 Å². The average Bonchev–Trinajstić information content (AvgIpc) is 2.20. The summed E-state index contributed by atoms with van der Waals surface area (Å²) in [6.07, 6.45) is 4.13. The first-order valence-corrected chi connectivity index (χ1v) is 4.32. The summed E-state index contributed by atoms with van der Waals surface area (Å²) in [5.74, 6) is 0. The maximum atomic E-state index is 8.66. The molecule has 0 radical (unpaired) electrons. The molecule has 1 aromatic rings. The van der Waals surface area contributed by atoms with Gasteiger partial charge in [0.2, 0.25) is 0 Å². The molecule has 0 spiro atoms. The van der Waals surface area contributed by atoms with Crippen molar-refractivity contribution in [2.75, 3.05) is 0 Å². The molecular formula is C12H10N2. The molecule has 0 aliphatic carbocycles.